The average Bonchev–Trinajstić information content (AvgIpc) is 2.96. The summed E-state index contributed by atoms with van der Waals surface area (Å²) in [4.78, 5) is 34.2. The maximum absolute atomic E-state index is 13.1. The molecule has 0 aliphatic carbocycles. The van der Waals surface area contributed by atoms with Crippen molar-refractivity contribution in [3.05, 3.63) is 64.7 Å². The van der Waals surface area contributed by atoms with Gasteiger partial charge in [0, 0.05) is 38.8 Å². The lowest BCUT2D eigenvalue weighted by Gasteiger charge is -2.32. The zero-order valence-corrected chi connectivity index (χ0v) is 18.5. The number of hydroxylamine groups is 2. The van der Waals surface area contributed by atoms with Crippen molar-refractivity contribution in [2.24, 2.45) is 0 Å². The number of benzene rings is 2. The summed E-state index contributed by atoms with van der Waals surface area (Å²) in [7, 11) is 2.93. The van der Waals surface area contributed by atoms with Crippen LogP contribution in [0.2, 0.25) is 0 Å². The van der Waals surface area contributed by atoms with Gasteiger partial charge in [0.2, 0.25) is 0 Å². The molecule has 2 aromatic carbocycles. The Bertz CT molecular complexity index is 995. The van der Waals surface area contributed by atoms with Crippen molar-refractivity contribution in [3.8, 4) is 5.75 Å². The van der Waals surface area contributed by atoms with Gasteiger partial charge in [0.05, 0.1) is 25.3 Å². The fraction of sp³-hybridized carbons (Fsp3) is 0.417. The topological polar surface area (TPSA) is 82.5 Å². The molecule has 0 saturated heterocycles. The van der Waals surface area contributed by atoms with Gasteiger partial charge in [-0.15, -0.1) is 0 Å². The first-order chi connectivity index (χ1) is 15.5. The highest BCUT2D eigenvalue weighted by atomic mass is 16.7. The van der Waals surface area contributed by atoms with E-state index < -0.39 is 6.10 Å². The van der Waals surface area contributed by atoms with E-state index in [-0.39, 0.29) is 18.4 Å². The van der Waals surface area contributed by atoms with Crippen LogP contribution in [-0.2, 0) is 17.8 Å². The van der Waals surface area contributed by atoms with E-state index in [1.54, 1.807) is 23.1 Å². The molecular weight excluding hydrogens is 410 g/mol. The molecule has 8 nitrogen and oxygen atoms in total. The van der Waals surface area contributed by atoms with Crippen LogP contribution in [0.5, 0.6) is 5.75 Å². The van der Waals surface area contributed by atoms with Crippen molar-refractivity contribution < 1.29 is 24.3 Å². The van der Waals surface area contributed by atoms with Gasteiger partial charge in [-0.05, 0) is 35.7 Å². The third-order valence-electron chi connectivity index (χ3n) is 6.03. The van der Waals surface area contributed by atoms with Crippen LogP contribution >= 0.6 is 0 Å². The third kappa shape index (κ3) is 4.77. The lowest BCUT2D eigenvalue weighted by Crippen LogP contribution is -2.44. The number of hydrogen-bond acceptors (Lipinski definition) is 6. The summed E-state index contributed by atoms with van der Waals surface area (Å²) in [5.74, 6) is -0.166. The maximum Gasteiger partial charge on any atom is 0.277 e. The predicted octanol–water partition coefficient (Wildman–Crippen LogP) is 1.57. The van der Waals surface area contributed by atoms with Crippen molar-refractivity contribution in [2.45, 2.75) is 19.1 Å². The molecule has 4 rings (SSSR count). The quantitative estimate of drug-likeness (QED) is 0.689. The fourth-order valence-electron chi connectivity index (χ4n) is 4.25. The van der Waals surface area contributed by atoms with Crippen LogP contribution in [-0.4, -0.2) is 84.8 Å². The average molecular weight is 440 g/mol. The second-order valence-corrected chi connectivity index (χ2v) is 8.20. The number of β-amino-alcohol motifs (C(OH)–C–C–N with tert-alkyl or cyclic N) is 1. The molecule has 0 spiro atoms. The Kier molecular flexibility index (Phi) is 6.74. The van der Waals surface area contributed by atoms with E-state index in [0.29, 0.717) is 36.6 Å². The zero-order valence-electron chi connectivity index (χ0n) is 18.5. The highest BCUT2D eigenvalue weighted by Gasteiger charge is 2.27. The minimum Gasteiger partial charge on any atom is -0.491 e. The fourth-order valence-corrected chi connectivity index (χ4v) is 4.25. The van der Waals surface area contributed by atoms with Gasteiger partial charge in [0.1, 0.15) is 12.4 Å². The Morgan fingerprint density at radius 2 is 1.97 bits per heavy atom. The first-order valence-corrected chi connectivity index (χ1v) is 10.8. The molecule has 2 aliphatic rings. The number of aliphatic hydroxyl groups is 1. The monoisotopic (exact) mass is 439 g/mol. The van der Waals surface area contributed by atoms with Gasteiger partial charge in [0.25, 0.3) is 11.8 Å². The highest BCUT2D eigenvalue weighted by molar-refractivity contribution is 6.00. The third-order valence-corrected chi connectivity index (χ3v) is 6.03. The Labute approximate surface area is 187 Å². The molecular formula is C24H29N3O5. The van der Waals surface area contributed by atoms with Crippen molar-refractivity contribution >= 4 is 11.8 Å². The van der Waals surface area contributed by atoms with Crippen molar-refractivity contribution in [1.29, 1.82) is 0 Å². The Balaban J connectivity index is 1.40. The molecule has 32 heavy (non-hydrogen) atoms. The van der Waals surface area contributed by atoms with E-state index in [4.69, 9.17) is 9.57 Å². The Morgan fingerprint density at radius 1 is 1.19 bits per heavy atom. The largest absolute Gasteiger partial charge is 0.491 e. The lowest BCUT2D eigenvalue weighted by molar-refractivity contribution is -0.0757. The zero-order chi connectivity index (χ0) is 22.7. The molecule has 1 N–H and O–H groups in total. The lowest BCUT2D eigenvalue weighted by atomic mass is 10.00. The number of ether oxygens (including phenoxy) is 1. The number of hydrogen-bond donors (Lipinski definition) is 1. The van der Waals surface area contributed by atoms with Gasteiger partial charge in [-0.3, -0.25) is 19.3 Å². The molecule has 170 valence electrons. The van der Waals surface area contributed by atoms with E-state index in [9.17, 15) is 14.7 Å². The summed E-state index contributed by atoms with van der Waals surface area (Å²) in [6.45, 7) is 3.09. The smallest absolute Gasteiger partial charge is 0.277 e. The number of aliphatic hydroxyl groups excluding tert-OH is 1. The molecule has 2 aliphatic heterocycles. The first-order valence-electron chi connectivity index (χ1n) is 10.8. The molecule has 0 bridgehead atoms. The highest BCUT2D eigenvalue weighted by Crippen LogP contribution is 2.26. The minimum absolute atomic E-state index is 0.209. The van der Waals surface area contributed by atoms with Crippen molar-refractivity contribution in [2.75, 3.05) is 46.9 Å². The number of amides is 2. The molecule has 1 unspecified atom stereocenters. The summed E-state index contributed by atoms with van der Waals surface area (Å²) in [5.41, 5.74) is 3.42. The standard InChI is InChI=1S/C24H29N3O5/c1-25(31-2)23(29)18-7-8-21-22(13-18)32-12-11-27(24(21)30)16-20(28)15-26-10-9-17-5-3-4-6-19(17)14-26/h3-8,13,20,28H,9-12,14-16H2,1-2H3. The van der Waals surface area contributed by atoms with Crippen molar-refractivity contribution in [1.82, 2.24) is 14.9 Å². The van der Waals surface area contributed by atoms with Gasteiger partial charge in [-0.1, -0.05) is 24.3 Å². The molecule has 2 aromatic rings. The number of carbonyl (C=O) groups is 2. The molecule has 0 radical (unpaired) electrons. The normalized spacial score (nSPS) is 17.1. The van der Waals surface area contributed by atoms with E-state index >= 15 is 0 Å². The van der Waals surface area contributed by atoms with Crippen LogP contribution in [0.1, 0.15) is 31.8 Å². The van der Waals surface area contributed by atoms with Gasteiger partial charge >= 0.3 is 0 Å². The van der Waals surface area contributed by atoms with E-state index in [0.717, 1.165) is 24.6 Å². The van der Waals surface area contributed by atoms with Gasteiger partial charge in [-0.25, -0.2) is 5.06 Å². The maximum atomic E-state index is 13.1. The molecule has 2 amide bonds. The molecule has 0 aromatic heterocycles. The van der Waals surface area contributed by atoms with E-state index in [1.165, 1.54) is 25.3 Å². The van der Waals surface area contributed by atoms with Crippen LogP contribution in [0.15, 0.2) is 42.5 Å². The SMILES string of the molecule is CON(C)C(=O)c1ccc2c(c1)OCCN(CC(O)CN1CCc3ccccc3C1)C2=O. The molecule has 0 fully saturated rings. The van der Waals surface area contributed by atoms with Crippen LogP contribution in [0.25, 0.3) is 0 Å². The Morgan fingerprint density at radius 3 is 2.75 bits per heavy atom. The summed E-state index contributed by atoms with van der Waals surface area (Å²) in [6, 6.07) is 13.1. The van der Waals surface area contributed by atoms with Crippen LogP contribution < -0.4 is 4.74 Å². The molecule has 2 heterocycles. The Hall–Kier alpha value is -2.94. The van der Waals surface area contributed by atoms with E-state index in [2.05, 4.69) is 23.1 Å². The second-order valence-electron chi connectivity index (χ2n) is 8.20. The summed E-state index contributed by atoms with van der Waals surface area (Å²) >= 11 is 0. The predicted molar refractivity (Wildman–Crippen MR) is 118 cm³/mol. The van der Waals surface area contributed by atoms with Crippen LogP contribution in [0.4, 0.5) is 0 Å². The van der Waals surface area contributed by atoms with Gasteiger partial charge in [-0.2, -0.15) is 0 Å². The summed E-state index contributed by atoms with van der Waals surface area (Å²) in [6.07, 6.45) is 0.300. The minimum atomic E-state index is -0.665. The number of rotatable bonds is 6. The van der Waals surface area contributed by atoms with Crippen LogP contribution in [0, 0.1) is 0 Å². The summed E-state index contributed by atoms with van der Waals surface area (Å²) < 4.78 is 5.76. The van der Waals surface area contributed by atoms with Gasteiger partial charge < -0.3 is 14.7 Å². The first kappa shape index (κ1) is 22.3. The van der Waals surface area contributed by atoms with Crippen molar-refractivity contribution in [3.63, 3.8) is 0 Å². The van der Waals surface area contributed by atoms with Gasteiger partial charge in [0.15, 0.2) is 0 Å². The molecule has 8 heteroatoms. The molecule has 0 saturated carbocycles. The number of fused-ring (bicyclic) bond motifs is 2. The second kappa shape index (κ2) is 9.68. The number of carbonyl (C=O) groups excluding carboxylic acids is 2. The van der Waals surface area contributed by atoms with Crippen LogP contribution in [0.3, 0.4) is 0 Å². The molecule has 1 atom stereocenters. The van der Waals surface area contributed by atoms with E-state index in [1.807, 2.05) is 6.07 Å². The summed E-state index contributed by atoms with van der Waals surface area (Å²) in [5, 5.41) is 11.8. The number of nitrogens with zero attached hydrogens (tertiary/aromatic N) is 3.